The Bertz CT molecular complexity index is 917. The molecule has 0 saturated carbocycles. The van der Waals surface area contributed by atoms with Crippen LogP contribution in [0.1, 0.15) is 37.8 Å². The highest BCUT2D eigenvalue weighted by atomic mass is 19.1. The van der Waals surface area contributed by atoms with Crippen LogP contribution in [0, 0.1) is 5.82 Å². The molecule has 0 amide bonds. The van der Waals surface area contributed by atoms with Crippen molar-refractivity contribution in [2.75, 3.05) is 26.2 Å². The lowest BCUT2D eigenvalue weighted by Crippen LogP contribution is -2.34. The Morgan fingerprint density at radius 3 is 2.45 bits per heavy atom. The third kappa shape index (κ3) is 7.82. The number of carbonyl (C=O) groups excluding carboxylic acids is 1. The van der Waals surface area contributed by atoms with Gasteiger partial charge in [-0.05, 0) is 45.0 Å². The molecular formula is C21H25FN2O7. The van der Waals surface area contributed by atoms with Crippen LogP contribution in [0.2, 0.25) is 0 Å². The van der Waals surface area contributed by atoms with E-state index in [1.165, 1.54) is 12.1 Å². The molecule has 2 aromatic rings. The molecule has 31 heavy (non-hydrogen) atoms. The number of halogens is 1. The molecule has 0 atom stereocenters. The Kier molecular flexibility index (Phi) is 9.13. The van der Waals surface area contributed by atoms with Gasteiger partial charge in [0.25, 0.3) is 0 Å². The van der Waals surface area contributed by atoms with Crippen molar-refractivity contribution in [3.63, 3.8) is 0 Å². The van der Waals surface area contributed by atoms with Crippen molar-refractivity contribution >= 4 is 28.9 Å². The van der Waals surface area contributed by atoms with E-state index in [-0.39, 0.29) is 11.8 Å². The number of carboxylic acids is 2. The molecule has 0 spiro atoms. The number of carboxylic acid groups (broad SMARTS) is 2. The van der Waals surface area contributed by atoms with Gasteiger partial charge < -0.3 is 24.4 Å². The van der Waals surface area contributed by atoms with E-state index in [1.807, 2.05) is 6.92 Å². The molecule has 10 heteroatoms. The maximum Gasteiger partial charge on any atom is 0.328 e. The van der Waals surface area contributed by atoms with Gasteiger partial charge in [0, 0.05) is 36.1 Å². The Morgan fingerprint density at radius 1 is 1.23 bits per heavy atom. The fraction of sp³-hybridized carbons (Fsp3) is 0.429. The quantitative estimate of drug-likeness (QED) is 0.497. The van der Waals surface area contributed by atoms with E-state index >= 15 is 0 Å². The summed E-state index contributed by atoms with van der Waals surface area (Å²) in [5.41, 5.74) is 1.43. The van der Waals surface area contributed by atoms with Crippen LogP contribution in [-0.4, -0.2) is 64.4 Å². The lowest BCUT2D eigenvalue weighted by molar-refractivity contribution is -0.143. The average Bonchev–Trinajstić information content (AvgIpc) is 3.15. The summed E-state index contributed by atoms with van der Waals surface area (Å²) in [6, 6.07) is 4.56. The van der Waals surface area contributed by atoms with E-state index in [0.29, 0.717) is 36.7 Å². The smallest absolute Gasteiger partial charge is 0.328 e. The predicted molar refractivity (Wildman–Crippen MR) is 108 cm³/mol. The first kappa shape index (κ1) is 24.0. The molecule has 0 bridgehead atoms. The summed E-state index contributed by atoms with van der Waals surface area (Å²) in [6.07, 6.45) is 3.47. The van der Waals surface area contributed by atoms with Crippen molar-refractivity contribution in [1.82, 2.24) is 10.1 Å². The molecule has 0 radical (unpaired) electrons. The first-order valence-corrected chi connectivity index (χ1v) is 9.86. The third-order valence-corrected chi connectivity index (χ3v) is 4.74. The number of aromatic nitrogens is 1. The van der Waals surface area contributed by atoms with Crippen LogP contribution in [0.5, 0.6) is 0 Å². The lowest BCUT2D eigenvalue weighted by atomic mass is 9.91. The highest BCUT2D eigenvalue weighted by Gasteiger charge is 2.25. The zero-order valence-corrected chi connectivity index (χ0v) is 17.1. The van der Waals surface area contributed by atoms with Gasteiger partial charge in [-0.25, -0.2) is 14.0 Å². The van der Waals surface area contributed by atoms with Crippen molar-refractivity contribution in [1.29, 1.82) is 0 Å². The number of likely N-dealkylation sites (tertiary alicyclic amines) is 1. The van der Waals surface area contributed by atoms with Crippen molar-refractivity contribution in [2.24, 2.45) is 0 Å². The molecule has 1 aliphatic heterocycles. The van der Waals surface area contributed by atoms with Crippen LogP contribution in [0.3, 0.4) is 0 Å². The maximum atomic E-state index is 13.2. The van der Waals surface area contributed by atoms with E-state index in [9.17, 15) is 18.8 Å². The molecule has 0 unspecified atom stereocenters. The minimum Gasteiger partial charge on any atom is -0.478 e. The van der Waals surface area contributed by atoms with E-state index in [2.05, 4.69) is 10.1 Å². The van der Waals surface area contributed by atoms with Crippen LogP contribution >= 0.6 is 0 Å². The van der Waals surface area contributed by atoms with Gasteiger partial charge in [-0.3, -0.25) is 4.79 Å². The molecule has 1 fully saturated rings. The largest absolute Gasteiger partial charge is 0.478 e. The molecular weight excluding hydrogens is 411 g/mol. The molecule has 9 nitrogen and oxygen atoms in total. The molecule has 0 aliphatic carbocycles. The zero-order chi connectivity index (χ0) is 22.8. The fourth-order valence-corrected chi connectivity index (χ4v) is 3.28. The number of piperidine rings is 1. The number of carbonyl (C=O) groups is 3. The monoisotopic (exact) mass is 436 g/mol. The van der Waals surface area contributed by atoms with Gasteiger partial charge >= 0.3 is 17.9 Å². The molecule has 2 heterocycles. The summed E-state index contributed by atoms with van der Waals surface area (Å²) >= 11 is 0. The van der Waals surface area contributed by atoms with Crippen LogP contribution in [-0.2, 0) is 19.1 Å². The second kappa shape index (κ2) is 11.8. The highest BCUT2D eigenvalue weighted by Crippen LogP contribution is 2.32. The number of benzene rings is 1. The third-order valence-electron chi connectivity index (χ3n) is 4.74. The molecule has 1 saturated heterocycles. The molecule has 1 aliphatic rings. The van der Waals surface area contributed by atoms with Crippen molar-refractivity contribution in [3.8, 4) is 0 Å². The first-order chi connectivity index (χ1) is 14.8. The summed E-state index contributed by atoms with van der Waals surface area (Å²) in [7, 11) is 0. The lowest BCUT2D eigenvalue weighted by Gasteiger charge is -2.30. The highest BCUT2D eigenvalue weighted by molar-refractivity contribution is 5.89. The molecule has 168 valence electrons. The summed E-state index contributed by atoms with van der Waals surface area (Å²) in [5, 5.41) is 20.7. The maximum absolute atomic E-state index is 13.2. The number of hydrogen-bond acceptors (Lipinski definition) is 7. The summed E-state index contributed by atoms with van der Waals surface area (Å²) in [5.74, 6) is -2.64. The van der Waals surface area contributed by atoms with Crippen LogP contribution in [0.15, 0.2) is 34.9 Å². The Morgan fingerprint density at radius 2 is 1.87 bits per heavy atom. The van der Waals surface area contributed by atoms with Crippen molar-refractivity contribution in [2.45, 2.75) is 32.1 Å². The number of ether oxygens (including phenoxy) is 1. The van der Waals surface area contributed by atoms with Gasteiger partial charge in [-0.1, -0.05) is 5.16 Å². The van der Waals surface area contributed by atoms with E-state index in [4.69, 9.17) is 19.5 Å². The number of esters is 1. The minimum absolute atomic E-state index is 0.140. The van der Waals surface area contributed by atoms with E-state index in [1.54, 1.807) is 6.07 Å². The summed E-state index contributed by atoms with van der Waals surface area (Å²) in [4.78, 5) is 32.8. The Hall–Kier alpha value is -3.27. The van der Waals surface area contributed by atoms with Gasteiger partial charge in [0.05, 0.1) is 18.7 Å². The van der Waals surface area contributed by atoms with Gasteiger partial charge in [0.1, 0.15) is 5.82 Å². The normalized spacial score (nSPS) is 14.9. The summed E-state index contributed by atoms with van der Waals surface area (Å²) < 4.78 is 23.4. The van der Waals surface area contributed by atoms with Crippen LogP contribution in [0.25, 0.3) is 11.0 Å². The van der Waals surface area contributed by atoms with Crippen LogP contribution < -0.4 is 0 Å². The second-order valence-electron chi connectivity index (χ2n) is 6.89. The van der Waals surface area contributed by atoms with Gasteiger partial charge in [0.15, 0.2) is 5.58 Å². The number of aliphatic carboxylic acids is 2. The second-order valence-corrected chi connectivity index (χ2v) is 6.89. The van der Waals surface area contributed by atoms with Crippen molar-refractivity contribution in [3.05, 3.63) is 41.9 Å². The molecule has 1 aromatic heterocycles. The van der Waals surface area contributed by atoms with Gasteiger partial charge in [-0.15, -0.1) is 0 Å². The molecule has 3 rings (SSSR count). The predicted octanol–water partition coefficient (Wildman–Crippen LogP) is 2.81. The number of rotatable bonds is 7. The average molecular weight is 436 g/mol. The summed E-state index contributed by atoms with van der Waals surface area (Å²) in [6.45, 7) is 4.81. The first-order valence-electron chi connectivity index (χ1n) is 9.86. The Balaban J connectivity index is 0.000000366. The molecule has 1 aromatic carbocycles. The van der Waals surface area contributed by atoms with Crippen molar-refractivity contribution < 1.29 is 38.2 Å². The minimum atomic E-state index is -1.26. The number of hydrogen-bond donors (Lipinski definition) is 2. The van der Waals surface area contributed by atoms with E-state index < -0.39 is 11.9 Å². The SMILES string of the molecule is CCOC(=O)CCN1CCC(c2noc3cc(F)ccc23)CC1.O=C(O)/C=C/C(=O)O. The van der Waals surface area contributed by atoms with E-state index in [0.717, 1.165) is 43.6 Å². The Labute approximate surface area is 178 Å². The van der Waals surface area contributed by atoms with Gasteiger partial charge in [0.2, 0.25) is 0 Å². The van der Waals surface area contributed by atoms with Crippen LogP contribution in [0.4, 0.5) is 4.39 Å². The standard InChI is InChI=1S/C17H21FN2O3.C4H4O4/c1-2-22-16(21)7-10-20-8-5-12(6-9-20)17-14-4-3-13(18)11-15(14)23-19-17;5-3(6)1-2-4(7)8/h3-4,11-12H,2,5-10H2,1H3;1-2H,(H,5,6)(H,7,8)/b;2-1+. The number of nitrogens with zero attached hydrogens (tertiary/aromatic N) is 2. The topological polar surface area (TPSA) is 130 Å². The fourth-order valence-electron chi connectivity index (χ4n) is 3.28. The number of fused-ring (bicyclic) bond motifs is 1. The zero-order valence-electron chi connectivity index (χ0n) is 17.1. The van der Waals surface area contributed by atoms with Gasteiger partial charge in [-0.2, -0.15) is 0 Å². The molecule has 2 N–H and O–H groups in total.